The molecule has 0 aliphatic rings. The topological polar surface area (TPSA) is 35.0 Å². The fourth-order valence-corrected chi connectivity index (χ4v) is 1.87. The number of aromatic nitrogens is 2. The molecule has 0 aliphatic heterocycles. The van der Waals surface area contributed by atoms with Gasteiger partial charge in [0.25, 0.3) is 0 Å². The van der Waals surface area contributed by atoms with E-state index in [9.17, 15) is 4.39 Å². The zero-order chi connectivity index (χ0) is 13.3. The van der Waals surface area contributed by atoms with E-state index in [1.807, 2.05) is 0 Å². The van der Waals surface area contributed by atoms with Crippen LogP contribution in [-0.4, -0.2) is 17.1 Å². The molecule has 18 heavy (non-hydrogen) atoms. The molecule has 0 aliphatic carbocycles. The van der Waals surface area contributed by atoms with Gasteiger partial charge in [0.1, 0.15) is 5.75 Å². The molecule has 2 rings (SSSR count). The van der Waals surface area contributed by atoms with Crippen LogP contribution in [-0.2, 0) is 0 Å². The lowest BCUT2D eigenvalue weighted by Gasteiger charge is -2.09. The smallest absolute Gasteiger partial charge is 0.181 e. The monoisotopic (exact) mass is 286 g/mol. The molecule has 0 saturated heterocycles. The van der Waals surface area contributed by atoms with E-state index < -0.39 is 5.82 Å². The van der Waals surface area contributed by atoms with Crippen molar-refractivity contribution in [2.75, 3.05) is 7.11 Å². The van der Waals surface area contributed by atoms with Gasteiger partial charge in [-0.2, -0.15) is 0 Å². The SMILES string of the molecule is COc1cc(Cl)ccc1-c1nc(C)c(F)c(Cl)n1. The second-order valence-corrected chi connectivity index (χ2v) is 4.38. The molecule has 0 N–H and O–H groups in total. The minimum Gasteiger partial charge on any atom is -0.496 e. The molecule has 6 heteroatoms. The normalized spacial score (nSPS) is 10.5. The van der Waals surface area contributed by atoms with Crippen molar-refractivity contribution in [2.45, 2.75) is 6.92 Å². The molecule has 3 nitrogen and oxygen atoms in total. The maximum atomic E-state index is 13.4. The van der Waals surface area contributed by atoms with Crippen LogP contribution in [0.25, 0.3) is 11.4 Å². The standard InChI is InChI=1S/C12H9Cl2FN2O/c1-6-10(15)11(14)17-12(16-6)8-4-3-7(13)5-9(8)18-2/h3-5H,1-2H3. The summed E-state index contributed by atoms with van der Waals surface area (Å²) in [5, 5.41) is 0.315. The highest BCUT2D eigenvalue weighted by atomic mass is 35.5. The van der Waals surface area contributed by atoms with Crippen LogP contribution < -0.4 is 4.74 Å². The summed E-state index contributed by atoms with van der Waals surface area (Å²) in [4.78, 5) is 7.95. The van der Waals surface area contributed by atoms with Crippen molar-refractivity contribution in [3.63, 3.8) is 0 Å². The van der Waals surface area contributed by atoms with E-state index in [2.05, 4.69) is 9.97 Å². The number of benzene rings is 1. The van der Waals surface area contributed by atoms with Crippen molar-refractivity contribution in [3.05, 3.63) is 39.9 Å². The van der Waals surface area contributed by atoms with Gasteiger partial charge in [0, 0.05) is 5.02 Å². The Morgan fingerprint density at radius 1 is 1.22 bits per heavy atom. The van der Waals surface area contributed by atoms with E-state index in [0.29, 0.717) is 22.2 Å². The van der Waals surface area contributed by atoms with Crippen LogP contribution in [0.3, 0.4) is 0 Å². The van der Waals surface area contributed by atoms with Crippen LogP contribution in [0, 0.1) is 12.7 Å². The minimum atomic E-state index is -0.617. The largest absolute Gasteiger partial charge is 0.496 e. The van der Waals surface area contributed by atoms with Gasteiger partial charge >= 0.3 is 0 Å². The second-order valence-electron chi connectivity index (χ2n) is 3.58. The first kappa shape index (κ1) is 13.1. The van der Waals surface area contributed by atoms with E-state index in [4.69, 9.17) is 27.9 Å². The lowest BCUT2D eigenvalue weighted by Crippen LogP contribution is -1.99. The number of ether oxygens (including phenoxy) is 1. The molecule has 1 aromatic carbocycles. The maximum absolute atomic E-state index is 13.4. The predicted octanol–water partition coefficient (Wildman–Crippen LogP) is 3.91. The van der Waals surface area contributed by atoms with Crippen LogP contribution in [0.2, 0.25) is 10.2 Å². The highest BCUT2D eigenvalue weighted by Crippen LogP contribution is 2.31. The van der Waals surface area contributed by atoms with Gasteiger partial charge in [-0.1, -0.05) is 23.2 Å². The first-order valence-electron chi connectivity index (χ1n) is 5.06. The lowest BCUT2D eigenvalue weighted by molar-refractivity contribution is 0.416. The number of aryl methyl sites for hydroxylation is 1. The molecule has 0 radical (unpaired) electrons. The Balaban J connectivity index is 2.62. The Kier molecular flexibility index (Phi) is 3.68. The van der Waals surface area contributed by atoms with E-state index in [1.54, 1.807) is 18.2 Å². The Morgan fingerprint density at radius 3 is 2.56 bits per heavy atom. The molecule has 0 saturated carbocycles. The summed E-state index contributed by atoms with van der Waals surface area (Å²) in [6.45, 7) is 1.52. The zero-order valence-corrected chi connectivity index (χ0v) is 11.2. The third-order valence-electron chi connectivity index (χ3n) is 2.38. The molecule has 0 unspecified atom stereocenters. The Hall–Kier alpha value is -1.39. The van der Waals surface area contributed by atoms with Crippen molar-refractivity contribution in [2.24, 2.45) is 0 Å². The number of methoxy groups -OCH3 is 1. The van der Waals surface area contributed by atoms with Crippen molar-refractivity contribution in [1.82, 2.24) is 9.97 Å². The lowest BCUT2D eigenvalue weighted by atomic mass is 10.2. The Bertz CT molecular complexity index is 582. The van der Waals surface area contributed by atoms with Crippen molar-refractivity contribution in [3.8, 4) is 17.1 Å². The zero-order valence-electron chi connectivity index (χ0n) is 9.67. The molecule has 1 heterocycles. The first-order chi connectivity index (χ1) is 8.52. The molecular weight excluding hydrogens is 278 g/mol. The third-order valence-corrected chi connectivity index (χ3v) is 2.87. The summed E-state index contributed by atoms with van der Waals surface area (Å²) in [6, 6.07) is 5.01. The number of nitrogens with zero attached hydrogens (tertiary/aromatic N) is 2. The van der Waals surface area contributed by atoms with Crippen LogP contribution in [0.15, 0.2) is 18.2 Å². The van der Waals surface area contributed by atoms with Gasteiger partial charge in [-0.3, -0.25) is 0 Å². The van der Waals surface area contributed by atoms with Gasteiger partial charge in [-0.25, -0.2) is 14.4 Å². The summed E-state index contributed by atoms with van der Waals surface area (Å²) < 4.78 is 18.6. The highest BCUT2D eigenvalue weighted by molar-refractivity contribution is 6.31. The van der Waals surface area contributed by atoms with Gasteiger partial charge < -0.3 is 4.74 Å². The predicted molar refractivity (Wildman–Crippen MR) is 68.7 cm³/mol. The Labute approximate surface area is 114 Å². The molecular formula is C12H9Cl2FN2O. The van der Waals surface area contributed by atoms with E-state index in [1.165, 1.54) is 14.0 Å². The minimum absolute atomic E-state index is 0.182. The van der Waals surface area contributed by atoms with Gasteiger partial charge in [-0.15, -0.1) is 0 Å². The summed E-state index contributed by atoms with van der Waals surface area (Å²) in [5.74, 6) is 0.185. The number of hydrogen-bond acceptors (Lipinski definition) is 3. The molecule has 1 aromatic heterocycles. The average molecular weight is 287 g/mol. The van der Waals surface area contributed by atoms with Crippen LogP contribution in [0.1, 0.15) is 5.69 Å². The van der Waals surface area contributed by atoms with Gasteiger partial charge in [0.05, 0.1) is 18.4 Å². The quantitative estimate of drug-likeness (QED) is 0.785. The highest BCUT2D eigenvalue weighted by Gasteiger charge is 2.14. The summed E-state index contributed by atoms with van der Waals surface area (Å²) in [5.41, 5.74) is 0.786. The molecule has 94 valence electrons. The fourth-order valence-electron chi connectivity index (χ4n) is 1.49. The second kappa shape index (κ2) is 5.08. The Morgan fingerprint density at radius 2 is 1.94 bits per heavy atom. The first-order valence-corrected chi connectivity index (χ1v) is 5.82. The summed E-state index contributed by atoms with van der Waals surface area (Å²) >= 11 is 11.6. The maximum Gasteiger partial charge on any atom is 0.181 e. The number of halogens is 3. The van der Waals surface area contributed by atoms with Crippen molar-refractivity contribution >= 4 is 23.2 Å². The third kappa shape index (κ3) is 2.40. The van der Waals surface area contributed by atoms with E-state index >= 15 is 0 Å². The van der Waals surface area contributed by atoms with Crippen LogP contribution >= 0.6 is 23.2 Å². The molecule has 0 bridgehead atoms. The molecule has 0 spiro atoms. The van der Waals surface area contributed by atoms with Gasteiger partial charge in [0.15, 0.2) is 16.8 Å². The fraction of sp³-hybridized carbons (Fsp3) is 0.167. The summed E-state index contributed by atoms with van der Waals surface area (Å²) in [7, 11) is 1.51. The van der Waals surface area contributed by atoms with Crippen LogP contribution in [0.5, 0.6) is 5.75 Å². The molecule has 0 amide bonds. The van der Waals surface area contributed by atoms with Gasteiger partial charge in [-0.05, 0) is 25.1 Å². The molecule has 2 aromatic rings. The van der Waals surface area contributed by atoms with Crippen LogP contribution in [0.4, 0.5) is 4.39 Å². The van der Waals surface area contributed by atoms with E-state index in [-0.39, 0.29) is 10.8 Å². The van der Waals surface area contributed by atoms with Crippen molar-refractivity contribution in [1.29, 1.82) is 0 Å². The van der Waals surface area contributed by atoms with E-state index in [0.717, 1.165) is 0 Å². The number of rotatable bonds is 2. The van der Waals surface area contributed by atoms with Crippen molar-refractivity contribution < 1.29 is 9.13 Å². The number of hydrogen-bond donors (Lipinski definition) is 0. The molecule has 0 fully saturated rings. The van der Waals surface area contributed by atoms with Gasteiger partial charge in [0.2, 0.25) is 0 Å². The molecule has 0 atom stereocenters. The summed E-state index contributed by atoms with van der Waals surface area (Å²) in [6.07, 6.45) is 0. The average Bonchev–Trinajstić information content (AvgIpc) is 2.35.